The molecule has 2 aliphatic heterocycles. The molecule has 0 spiro atoms. The van der Waals surface area contributed by atoms with Crippen molar-refractivity contribution in [3.05, 3.63) is 48.5 Å². The Balaban J connectivity index is 1.28. The minimum Gasteiger partial charge on any atom is -0.326 e. The molecule has 3 fully saturated rings. The molecule has 0 bridgehead atoms. The molecular formula is C26H24N4O12S2. The molecule has 2 heterocycles. The third-order valence-electron chi connectivity index (χ3n) is 7.33. The second kappa shape index (κ2) is 11.2. The molecule has 44 heavy (non-hydrogen) atoms. The number of rotatable bonds is 8. The van der Waals surface area contributed by atoms with Crippen molar-refractivity contribution in [1.29, 1.82) is 0 Å². The summed E-state index contributed by atoms with van der Waals surface area (Å²) in [6.45, 7) is 2.52. The summed E-state index contributed by atoms with van der Waals surface area (Å²) in [5.41, 5.74) is 0.588. The van der Waals surface area contributed by atoms with Gasteiger partial charge in [-0.25, -0.2) is 0 Å². The molecule has 2 saturated heterocycles. The highest BCUT2D eigenvalue weighted by Gasteiger charge is 2.61. The number of carbonyl (C=O) groups excluding carboxylic acids is 6. The number of hydroxylamine groups is 4. The van der Waals surface area contributed by atoms with Crippen molar-refractivity contribution in [2.75, 3.05) is 10.6 Å². The Kier molecular flexibility index (Phi) is 7.87. The van der Waals surface area contributed by atoms with Crippen molar-refractivity contribution >= 4 is 67.1 Å². The standard InChI is InChI=1S/C26H24N4O12S2/c1-13(31)27-15-3-7-17(8-4-15)43(37,38)41-29-23(33)19-11-21-22(12-20(19)24(29)34)26(36)30(25(21)35)42-44(39,40)18-9-5-16(6-10-18)28-14(2)32/h3-10,19-22H,11-12H2,1-2H3,(H,27,31)(H,28,32). The van der Waals surface area contributed by atoms with Crippen LogP contribution in [0.1, 0.15) is 26.7 Å². The molecule has 232 valence electrons. The Morgan fingerprint density at radius 2 is 0.864 bits per heavy atom. The third kappa shape index (κ3) is 5.71. The lowest BCUT2D eigenvalue weighted by Gasteiger charge is -2.27. The topological polar surface area (TPSA) is 220 Å². The van der Waals surface area contributed by atoms with Gasteiger partial charge in [-0.1, -0.05) is 0 Å². The summed E-state index contributed by atoms with van der Waals surface area (Å²) >= 11 is 0. The van der Waals surface area contributed by atoms with E-state index >= 15 is 0 Å². The molecule has 3 aliphatic rings. The van der Waals surface area contributed by atoms with Gasteiger partial charge in [0.05, 0.1) is 33.5 Å². The SMILES string of the molecule is CC(=O)Nc1ccc(S(=O)(=O)ON2C(=O)C3CC4C(=O)N(OS(=O)(=O)c5ccc(NC(C)=O)cc5)C(=O)C4CC3C2=O)cc1. The molecule has 2 N–H and O–H groups in total. The Morgan fingerprint density at radius 1 is 0.591 bits per heavy atom. The number of imide groups is 2. The summed E-state index contributed by atoms with van der Waals surface area (Å²) < 4.78 is 61.0. The molecule has 6 amide bonds. The van der Waals surface area contributed by atoms with E-state index in [4.69, 9.17) is 8.57 Å². The van der Waals surface area contributed by atoms with Crippen LogP contribution in [-0.4, -0.2) is 62.4 Å². The van der Waals surface area contributed by atoms with Gasteiger partial charge in [0.15, 0.2) is 0 Å². The molecule has 5 rings (SSSR count). The van der Waals surface area contributed by atoms with Crippen molar-refractivity contribution < 1.29 is 54.2 Å². The first-order chi connectivity index (χ1) is 20.6. The lowest BCUT2D eigenvalue weighted by atomic mass is 9.70. The van der Waals surface area contributed by atoms with Crippen LogP contribution in [0.3, 0.4) is 0 Å². The van der Waals surface area contributed by atoms with Crippen molar-refractivity contribution in [2.24, 2.45) is 23.7 Å². The molecular weight excluding hydrogens is 624 g/mol. The fourth-order valence-corrected chi connectivity index (χ4v) is 7.16. The Hall–Kier alpha value is -4.52. The van der Waals surface area contributed by atoms with E-state index in [1.54, 1.807) is 0 Å². The van der Waals surface area contributed by atoms with Gasteiger partial charge in [-0.05, 0) is 61.4 Å². The second-order valence-corrected chi connectivity index (χ2v) is 13.4. The fraction of sp³-hybridized carbons (Fsp3) is 0.308. The number of amides is 6. The van der Waals surface area contributed by atoms with Gasteiger partial charge in [0.2, 0.25) is 11.8 Å². The van der Waals surface area contributed by atoms with E-state index < -0.39 is 77.3 Å². The van der Waals surface area contributed by atoms with Crippen LogP contribution in [0.15, 0.2) is 58.3 Å². The highest BCUT2D eigenvalue weighted by atomic mass is 32.2. The van der Waals surface area contributed by atoms with Crippen LogP contribution in [-0.2, 0) is 57.6 Å². The molecule has 1 aliphatic carbocycles. The average Bonchev–Trinajstić information content (AvgIpc) is 3.31. The van der Waals surface area contributed by atoms with Gasteiger partial charge in [-0.3, -0.25) is 28.8 Å². The number of hydrogen-bond donors (Lipinski definition) is 2. The van der Waals surface area contributed by atoms with Gasteiger partial charge in [0.25, 0.3) is 23.6 Å². The average molecular weight is 649 g/mol. The highest BCUT2D eigenvalue weighted by molar-refractivity contribution is 7.87. The highest BCUT2D eigenvalue weighted by Crippen LogP contribution is 2.48. The summed E-state index contributed by atoms with van der Waals surface area (Å²) in [5, 5.41) is 5.12. The molecule has 2 aromatic carbocycles. The molecule has 16 nitrogen and oxygen atoms in total. The van der Waals surface area contributed by atoms with Crippen LogP contribution in [0.5, 0.6) is 0 Å². The van der Waals surface area contributed by atoms with Crippen LogP contribution in [0.25, 0.3) is 0 Å². The normalized spacial score (nSPS) is 23.4. The van der Waals surface area contributed by atoms with Crippen LogP contribution < -0.4 is 10.6 Å². The van der Waals surface area contributed by atoms with Crippen LogP contribution in [0.4, 0.5) is 11.4 Å². The zero-order valence-corrected chi connectivity index (χ0v) is 24.6. The van der Waals surface area contributed by atoms with E-state index in [2.05, 4.69) is 10.6 Å². The second-order valence-electron chi connectivity index (χ2n) is 10.3. The number of nitrogens with one attached hydrogen (secondary N) is 2. The van der Waals surface area contributed by atoms with E-state index in [0.717, 1.165) is 24.3 Å². The quantitative estimate of drug-likeness (QED) is 0.375. The largest absolute Gasteiger partial charge is 0.326 e. The summed E-state index contributed by atoms with van der Waals surface area (Å²) in [7, 11) is -9.36. The monoisotopic (exact) mass is 648 g/mol. The first kappa shape index (κ1) is 30.9. The van der Waals surface area contributed by atoms with E-state index in [-0.39, 0.29) is 34.8 Å². The van der Waals surface area contributed by atoms with E-state index in [9.17, 15) is 45.6 Å². The number of carbonyl (C=O) groups is 6. The van der Waals surface area contributed by atoms with Crippen molar-refractivity contribution in [2.45, 2.75) is 36.5 Å². The number of benzene rings is 2. The van der Waals surface area contributed by atoms with Crippen molar-refractivity contribution in [1.82, 2.24) is 10.1 Å². The zero-order chi connectivity index (χ0) is 32.1. The molecule has 0 radical (unpaired) electrons. The molecule has 1 saturated carbocycles. The van der Waals surface area contributed by atoms with E-state index in [1.165, 1.54) is 38.1 Å². The van der Waals surface area contributed by atoms with Crippen LogP contribution in [0.2, 0.25) is 0 Å². The number of hydrogen-bond acceptors (Lipinski definition) is 12. The molecule has 0 aromatic heterocycles. The number of fused-ring (bicyclic) bond motifs is 2. The summed E-state index contributed by atoms with van der Waals surface area (Å²) in [6, 6.07) is 9.50. The minimum atomic E-state index is -4.68. The van der Waals surface area contributed by atoms with Crippen molar-refractivity contribution in [3.8, 4) is 0 Å². The van der Waals surface area contributed by atoms with Crippen LogP contribution >= 0.6 is 0 Å². The van der Waals surface area contributed by atoms with E-state index in [0.29, 0.717) is 11.4 Å². The smallest absolute Gasteiger partial charge is 0.318 e. The maximum absolute atomic E-state index is 13.1. The Labute approximate surface area is 250 Å². The van der Waals surface area contributed by atoms with Gasteiger partial charge in [0.1, 0.15) is 0 Å². The summed E-state index contributed by atoms with van der Waals surface area (Å²) in [5.74, 6) is -9.78. The van der Waals surface area contributed by atoms with Gasteiger partial charge >= 0.3 is 20.2 Å². The summed E-state index contributed by atoms with van der Waals surface area (Å²) in [4.78, 5) is 74.0. The molecule has 2 aromatic rings. The lowest BCUT2D eigenvalue weighted by molar-refractivity contribution is -0.166. The third-order valence-corrected chi connectivity index (χ3v) is 9.72. The molecule has 18 heteroatoms. The number of nitrogens with zero attached hydrogens (tertiary/aromatic N) is 2. The van der Waals surface area contributed by atoms with Gasteiger partial charge in [0, 0.05) is 25.2 Å². The maximum Gasteiger partial charge on any atom is 0.318 e. The zero-order valence-electron chi connectivity index (χ0n) is 23.0. The van der Waals surface area contributed by atoms with Crippen LogP contribution in [0, 0.1) is 23.7 Å². The first-order valence-corrected chi connectivity index (χ1v) is 15.8. The van der Waals surface area contributed by atoms with Gasteiger partial charge in [-0.2, -0.15) is 16.8 Å². The van der Waals surface area contributed by atoms with Crippen molar-refractivity contribution in [3.63, 3.8) is 0 Å². The Morgan fingerprint density at radius 3 is 1.11 bits per heavy atom. The molecule has 4 unspecified atom stereocenters. The van der Waals surface area contributed by atoms with Gasteiger partial charge < -0.3 is 10.6 Å². The predicted octanol–water partition coefficient (Wildman–Crippen LogP) is 0.540. The summed E-state index contributed by atoms with van der Waals surface area (Å²) in [6.07, 6.45) is -0.720. The first-order valence-electron chi connectivity index (χ1n) is 13.0. The minimum absolute atomic E-state index is 0.103. The van der Waals surface area contributed by atoms with E-state index in [1.807, 2.05) is 0 Å². The van der Waals surface area contributed by atoms with Gasteiger partial charge in [-0.15, -0.1) is 18.7 Å². The Bertz CT molecular complexity index is 1630. The lowest BCUT2D eigenvalue weighted by Crippen LogP contribution is -2.35. The number of anilines is 2. The molecule has 4 atom stereocenters. The maximum atomic E-state index is 13.1. The predicted molar refractivity (Wildman–Crippen MR) is 145 cm³/mol. The fourth-order valence-electron chi connectivity index (χ4n) is 5.36.